The molecular weight excluding hydrogens is 222 g/mol. The van der Waals surface area contributed by atoms with Gasteiger partial charge in [-0.15, -0.1) is 0 Å². The van der Waals surface area contributed by atoms with Gasteiger partial charge in [0.05, 0.1) is 5.60 Å². The molecule has 0 amide bonds. The van der Waals surface area contributed by atoms with Gasteiger partial charge in [0.15, 0.2) is 11.6 Å². The van der Waals surface area contributed by atoms with Crippen molar-refractivity contribution in [2.24, 2.45) is 0 Å². The van der Waals surface area contributed by atoms with Gasteiger partial charge < -0.3 is 5.11 Å². The van der Waals surface area contributed by atoms with Crippen LogP contribution in [0.1, 0.15) is 45.1 Å². The highest BCUT2D eigenvalue weighted by Gasteiger charge is 2.20. The van der Waals surface area contributed by atoms with Crippen LogP contribution < -0.4 is 0 Å². The molecule has 0 bridgehead atoms. The fraction of sp³-hybridized carbons (Fsp3) is 0.571. The van der Waals surface area contributed by atoms with Gasteiger partial charge in [-0.05, 0) is 31.0 Å². The highest BCUT2D eigenvalue weighted by atomic mass is 19.2. The van der Waals surface area contributed by atoms with E-state index in [1.165, 1.54) is 6.07 Å². The molecular formula is C14H20F2O. The van der Waals surface area contributed by atoms with Crippen molar-refractivity contribution in [3.8, 4) is 0 Å². The predicted octanol–water partition coefficient (Wildman–Crippen LogP) is 3.84. The molecule has 0 aromatic heterocycles. The lowest BCUT2D eigenvalue weighted by Gasteiger charge is -2.23. The van der Waals surface area contributed by atoms with Crippen LogP contribution in [0, 0.1) is 11.6 Å². The van der Waals surface area contributed by atoms with Crippen LogP contribution in [0.25, 0.3) is 0 Å². The molecule has 1 unspecified atom stereocenters. The minimum Gasteiger partial charge on any atom is -0.390 e. The lowest BCUT2D eigenvalue weighted by atomic mass is 9.91. The Balaban J connectivity index is 2.59. The van der Waals surface area contributed by atoms with Crippen molar-refractivity contribution >= 4 is 0 Å². The van der Waals surface area contributed by atoms with Crippen molar-refractivity contribution in [2.45, 2.75) is 51.6 Å². The highest BCUT2D eigenvalue weighted by molar-refractivity contribution is 5.19. The second-order valence-corrected chi connectivity index (χ2v) is 4.88. The van der Waals surface area contributed by atoms with Crippen molar-refractivity contribution in [1.29, 1.82) is 0 Å². The van der Waals surface area contributed by atoms with Crippen LogP contribution in [-0.4, -0.2) is 10.7 Å². The third-order valence-corrected chi connectivity index (χ3v) is 2.89. The largest absolute Gasteiger partial charge is 0.390 e. The zero-order chi connectivity index (χ0) is 12.9. The van der Waals surface area contributed by atoms with Gasteiger partial charge in [-0.25, -0.2) is 8.78 Å². The first-order valence-electron chi connectivity index (χ1n) is 6.11. The molecule has 0 aliphatic heterocycles. The Morgan fingerprint density at radius 3 is 2.47 bits per heavy atom. The van der Waals surface area contributed by atoms with Crippen molar-refractivity contribution in [3.05, 3.63) is 35.4 Å². The molecule has 0 spiro atoms. The fourth-order valence-electron chi connectivity index (χ4n) is 1.93. The Morgan fingerprint density at radius 2 is 1.88 bits per heavy atom. The van der Waals surface area contributed by atoms with Gasteiger partial charge in [-0.1, -0.05) is 32.3 Å². The van der Waals surface area contributed by atoms with Crippen molar-refractivity contribution in [2.75, 3.05) is 0 Å². The first-order chi connectivity index (χ1) is 7.94. The number of unbranched alkanes of at least 4 members (excludes halogenated alkanes) is 2. The number of benzene rings is 1. The lowest BCUT2D eigenvalue weighted by Crippen LogP contribution is -2.27. The summed E-state index contributed by atoms with van der Waals surface area (Å²) in [5.41, 5.74) is -0.218. The SMILES string of the molecule is CCCCCC(C)(O)Cc1ccc(F)c(F)c1. The summed E-state index contributed by atoms with van der Waals surface area (Å²) in [4.78, 5) is 0. The Morgan fingerprint density at radius 1 is 1.18 bits per heavy atom. The molecule has 1 atom stereocenters. The summed E-state index contributed by atoms with van der Waals surface area (Å²) in [6.45, 7) is 3.84. The topological polar surface area (TPSA) is 20.2 Å². The third-order valence-electron chi connectivity index (χ3n) is 2.89. The molecule has 1 aromatic rings. The van der Waals surface area contributed by atoms with Gasteiger partial charge in [0.2, 0.25) is 0 Å². The first kappa shape index (κ1) is 14.1. The van der Waals surface area contributed by atoms with Gasteiger partial charge in [-0.3, -0.25) is 0 Å². The molecule has 0 saturated carbocycles. The molecule has 1 aromatic carbocycles. The van der Waals surface area contributed by atoms with Crippen LogP contribution in [-0.2, 0) is 6.42 Å². The van der Waals surface area contributed by atoms with E-state index in [0.717, 1.165) is 31.4 Å². The molecule has 1 N–H and O–H groups in total. The summed E-state index contributed by atoms with van der Waals surface area (Å²) in [5, 5.41) is 10.1. The Kier molecular flexibility index (Phi) is 5.06. The van der Waals surface area contributed by atoms with Crippen LogP contribution in [0.5, 0.6) is 0 Å². The van der Waals surface area contributed by atoms with Crippen LogP contribution >= 0.6 is 0 Å². The molecule has 0 saturated heterocycles. The summed E-state index contributed by atoms with van der Waals surface area (Å²) >= 11 is 0. The monoisotopic (exact) mass is 242 g/mol. The lowest BCUT2D eigenvalue weighted by molar-refractivity contribution is 0.0485. The van der Waals surface area contributed by atoms with Crippen LogP contribution in [0.4, 0.5) is 8.78 Å². The van der Waals surface area contributed by atoms with Crippen LogP contribution in [0.3, 0.4) is 0 Å². The zero-order valence-electron chi connectivity index (χ0n) is 10.5. The molecule has 1 nitrogen and oxygen atoms in total. The maximum Gasteiger partial charge on any atom is 0.159 e. The van der Waals surface area contributed by atoms with Gasteiger partial charge in [-0.2, -0.15) is 0 Å². The summed E-state index contributed by atoms with van der Waals surface area (Å²) in [6.07, 6.45) is 4.16. The minimum absolute atomic E-state index is 0.355. The molecule has 17 heavy (non-hydrogen) atoms. The van der Waals surface area contributed by atoms with Crippen LogP contribution in [0.2, 0.25) is 0 Å². The van der Waals surface area contributed by atoms with E-state index in [0.29, 0.717) is 18.4 Å². The normalized spacial score (nSPS) is 14.6. The average Bonchev–Trinajstić information content (AvgIpc) is 2.23. The van der Waals surface area contributed by atoms with Crippen LogP contribution in [0.15, 0.2) is 18.2 Å². The molecule has 0 aliphatic carbocycles. The fourth-order valence-corrected chi connectivity index (χ4v) is 1.93. The minimum atomic E-state index is -0.855. The number of halogens is 2. The number of hydrogen-bond acceptors (Lipinski definition) is 1. The highest BCUT2D eigenvalue weighted by Crippen LogP contribution is 2.21. The van der Waals surface area contributed by atoms with E-state index in [4.69, 9.17) is 0 Å². The Labute approximate surface area is 101 Å². The van der Waals surface area contributed by atoms with Gasteiger partial charge in [0, 0.05) is 6.42 Å². The van der Waals surface area contributed by atoms with E-state index in [9.17, 15) is 13.9 Å². The summed E-state index contributed by atoms with van der Waals surface area (Å²) in [7, 11) is 0. The van der Waals surface area contributed by atoms with E-state index >= 15 is 0 Å². The second kappa shape index (κ2) is 6.10. The Hall–Kier alpha value is -0.960. The summed E-state index contributed by atoms with van der Waals surface area (Å²) in [5.74, 6) is -1.70. The van der Waals surface area contributed by atoms with E-state index in [2.05, 4.69) is 6.92 Å². The number of aliphatic hydroxyl groups is 1. The first-order valence-corrected chi connectivity index (χ1v) is 6.11. The Bertz CT molecular complexity index is 361. The van der Waals surface area contributed by atoms with Crippen molar-refractivity contribution in [3.63, 3.8) is 0 Å². The molecule has 3 heteroatoms. The summed E-state index contributed by atoms with van der Waals surface area (Å²) < 4.78 is 25.7. The van der Waals surface area contributed by atoms with E-state index in [-0.39, 0.29) is 0 Å². The van der Waals surface area contributed by atoms with Gasteiger partial charge in [0.25, 0.3) is 0 Å². The smallest absolute Gasteiger partial charge is 0.159 e. The van der Waals surface area contributed by atoms with E-state index in [1.807, 2.05) is 0 Å². The van der Waals surface area contributed by atoms with Crippen molar-refractivity contribution in [1.82, 2.24) is 0 Å². The molecule has 0 fully saturated rings. The number of rotatable bonds is 6. The molecule has 0 heterocycles. The van der Waals surface area contributed by atoms with E-state index < -0.39 is 17.2 Å². The second-order valence-electron chi connectivity index (χ2n) is 4.88. The maximum atomic E-state index is 13.0. The number of hydrogen-bond donors (Lipinski definition) is 1. The average molecular weight is 242 g/mol. The molecule has 1 rings (SSSR count). The maximum absolute atomic E-state index is 13.0. The van der Waals surface area contributed by atoms with Crippen molar-refractivity contribution < 1.29 is 13.9 Å². The standard InChI is InChI=1S/C14H20F2O/c1-3-4-5-8-14(2,17)10-11-6-7-12(15)13(16)9-11/h6-7,9,17H,3-5,8,10H2,1-2H3. The van der Waals surface area contributed by atoms with Gasteiger partial charge in [0.1, 0.15) is 0 Å². The summed E-state index contributed by atoms with van der Waals surface area (Å²) in [6, 6.07) is 3.78. The quantitative estimate of drug-likeness (QED) is 0.751. The predicted molar refractivity (Wildman–Crippen MR) is 64.8 cm³/mol. The molecule has 96 valence electrons. The van der Waals surface area contributed by atoms with E-state index in [1.54, 1.807) is 6.92 Å². The zero-order valence-corrected chi connectivity index (χ0v) is 10.5. The molecule has 0 radical (unpaired) electrons. The van der Waals surface area contributed by atoms with Gasteiger partial charge >= 0.3 is 0 Å². The molecule has 0 aliphatic rings. The third kappa shape index (κ3) is 4.82.